The van der Waals surface area contributed by atoms with E-state index >= 15 is 0 Å². The first-order valence-electron chi connectivity index (χ1n) is 20.3. The summed E-state index contributed by atoms with van der Waals surface area (Å²) < 4.78 is 45.6. The molecule has 0 spiro atoms. The van der Waals surface area contributed by atoms with Crippen LogP contribution in [0.1, 0.15) is 18.9 Å². The van der Waals surface area contributed by atoms with E-state index in [2.05, 4.69) is 0 Å². The molecule has 3 aliphatic rings. The molecule has 0 saturated carbocycles. The van der Waals surface area contributed by atoms with Crippen molar-refractivity contribution in [1.29, 1.82) is 0 Å². The summed E-state index contributed by atoms with van der Waals surface area (Å²) in [6.07, 6.45) is -20.5. The number of aromatic hydroxyl groups is 5. The van der Waals surface area contributed by atoms with Crippen LogP contribution in [0.4, 0.5) is 0 Å². The van der Waals surface area contributed by atoms with Crippen LogP contribution in [0.15, 0.2) is 69.9 Å². The monoisotopic (exact) mass is 932 g/mol. The average Bonchev–Trinajstić information content (AvgIpc) is 3.27. The third-order valence-electron chi connectivity index (χ3n) is 11.3. The Bertz CT molecular complexity index is 2440. The van der Waals surface area contributed by atoms with Crippen molar-refractivity contribution in [2.75, 3.05) is 19.8 Å². The van der Waals surface area contributed by atoms with Crippen LogP contribution in [-0.4, -0.2) is 178 Å². The molecular weight excluding hydrogens is 884 g/mol. The van der Waals surface area contributed by atoms with Crippen LogP contribution in [0.2, 0.25) is 0 Å². The summed E-state index contributed by atoms with van der Waals surface area (Å²) in [5.74, 6) is -4.89. The minimum Gasteiger partial charge on any atom is -0.508 e. The van der Waals surface area contributed by atoms with Gasteiger partial charge in [-0.25, -0.2) is 4.79 Å². The summed E-state index contributed by atoms with van der Waals surface area (Å²) >= 11 is 0. The van der Waals surface area contributed by atoms with E-state index in [9.17, 15) is 76.0 Å². The Morgan fingerprint density at radius 3 is 2.17 bits per heavy atom. The maximum Gasteiger partial charge on any atom is 0.331 e. The maximum atomic E-state index is 14.1. The van der Waals surface area contributed by atoms with Crippen molar-refractivity contribution in [2.45, 2.75) is 98.9 Å². The van der Waals surface area contributed by atoms with E-state index in [0.29, 0.717) is 5.56 Å². The molecule has 0 bridgehead atoms. The molecule has 1 aromatic heterocycles. The lowest BCUT2D eigenvalue weighted by Crippen LogP contribution is -2.63. The van der Waals surface area contributed by atoms with Crippen molar-refractivity contribution in [1.82, 2.24) is 0 Å². The summed E-state index contributed by atoms with van der Waals surface area (Å²) in [6.45, 7) is -0.749. The Kier molecular flexibility index (Phi) is 14.4. The third-order valence-corrected chi connectivity index (χ3v) is 11.3. The first kappa shape index (κ1) is 48.3. The smallest absolute Gasteiger partial charge is 0.331 e. The molecular formula is C43H48O23. The molecule has 3 saturated heterocycles. The molecule has 0 amide bonds. The standard InChI is InChI=1S/C43H48O23/c1-17-43(58,16-60-41-35(56)34(55)31(52)27(14-44)63-41)13-25(50)40(61-17)59-15-28-32(53)38(65-29(51)9-4-18-2-6-20(45)7-3-18)36(57)42(64-28)66-39-33(54)30-24(49)11-21(46)12-26(30)62-37(39)19-5-8-22(47)23(48)10-19/h2-12,17,25,27-28,31-32,34-36,38,40-42,44-50,52-53,55-58H,13-16H2,1H3/b9-4+. The molecule has 14 unspecified atom stereocenters. The van der Waals surface area contributed by atoms with Crippen molar-refractivity contribution in [3.63, 3.8) is 0 Å². The van der Waals surface area contributed by atoms with Crippen molar-refractivity contribution in [3.8, 4) is 45.8 Å². The predicted molar refractivity (Wildman–Crippen MR) is 218 cm³/mol. The zero-order valence-electron chi connectivity index (χ0n) is 34.6. The molecule has 23 nitrogen and oxygen atoms in total. The first-order valence-corrected chi connectivity index (χ1v) is 20.3. The van der Waals surface area contributed by atoms with E-state index in [1.165, 1.54) is 43.3 Å². The lowest BCUT2D eigenvalue weighted by atomic mass is 9.88. The first-order chi connectivity index (χ1) is 31.3. The van der Waals surface area contributed by atoms with Crippen LogP contribution in [0.25, 0.3) is 28.4 Å². The molecule has 358 valence electrons. The van der Waals surface area contributed by atoms with Gasteiger partial charge in [0.2, 0.25) is 17.5 Å². The number of aliphatic hydroxyl groups is 8. The van der Waals surface area contributed by atoms with Crippen molar-refractivity contribution < 1.29 is 109 Å². The SMILES string of the molecule is CC1OC(OCC2OC(Oc3c(-c4ccc(O)c(O)c4)oc4cc(O)cc(O)c4c3=O)C(O)C(OC(=O)/C=C/c3ccc(O)cc3)C2O)C(O)CC1(O)COC1OC(CO)C(O)C(O)C1O. The summed E-state index contributed by atoms with van der Waals surface area (Å²) in [4.78, 5) is 27.3. The number of hydrogen-bond donors (Lipinski definition) is 13. The van der Waals surface area contributed by atoms with Crippen molar-refractivity contribution >= 4 is 23.0 Å². The minimum atomic E-state index is -2.12. The fraction of sp³-hybridized carbons (Fsp3) is 0.442. The van der Waals surface area contributed by atoms with Crippen molar-refractivity contribution in [3.05, 3.63) is 76.5 Å². The van der Waals surface area contributed by atoms with Gasteiger partial charge in [0, 0.05) is 30.2 Å². The fourth-order valence-electron chi connectivity index (χ4n) is 7.54. The second kappa shape index (κ2) is 19.7. The highest BCUT2D eigenvalue weighted by Crippen LogP contribution is 2.40. The zero-order valence-corrected chi connectivity index (χ0v) is 34.6. The predicted octanol–water partition coefficient (Wildman–Crippen LogP) is -1.50. The molecule has 23 heteroatoms. The highest BCUT2D eigenvalue weighted by Gasteiger charge is 2.52. The molecule has 0 aliphatic carbocycles. The van der Waals surface area contributed by atoms with E-state index in [0.717, 1.165) is 30.3 Å². The third kappa shape index (κ3) is 10.0. The number of aliphatic hydroxyl groups excluding tert-OH is 7. The number of phenols is 5. The van der Waals surface area contributed by atoms with Gasteiger partial charge >= 0.3 is 5.97 Å². The highest BCUT2D eigenvalue weighted by atomic mass is 16.7. The minimum absolute atomic E-state index is 0.0428. The second-order valence-corrected chi connectivity index (χ2v) is 16.0. The summed E-state index contributed by atoms with van der Waals surface area (Å²) in [6, 6.07) is 10.7. The van der Waals surface area contributed by atoms with E-state index in [1.807, 2.05) is 0 Å². The molecule has 4 heterocycles. The van der Waals surface area contributed by atoms with E-state index < -0.39 is 163 Å². The number of fused-ring (bicyclic) bond motifs is 1. The fourth-order valence-corrected chi connectivity index (χ4v) is 7.54. The van der Waals surface area contributed by atoms with Crippen LogP contribution in [0.5, 0.6) is 34.5 Å². The number of benzene rings is 3. The van der Waals surface area contributed by atoms with Crippen LogP contribution >= 0.6 is 0 Å². The molecule has 66 heavy (non-hydrogen) atoms. The topological polar surface area (TPSA) is 375 Å². The number of phenolic OH excluding ortho intramolecular Hbond substituents is 5. The molecule has 3 fully saturated rings. The number of ether oxygens (including phenoxy) is 7. The molecule has 13 N–H and O–H groups in total. The van der Waals surface area contributed by atoms with Crippen LogP contribution in [0.3, 0.4) is 0 Å². The summed E-state index contributed by atoms with van der Waals surface area (Å²) in [5, 5.41) is 136. The van der Waals surface area contributed by atoms with Gasteiger partial charge in [0.05, 0.1) is 25.9 Å². The summed E-state index contributed by atoms with van der Waals surface area (Å²) in [5.41, 5.74) is -3.11. The van der Waals surface area contributed by atoms with E-state index in [4.69, 9.17) is 37.6 Å². The Morgan fingerprint density at radius 2 is 1.47 bits per heavy atom. The quantitative estimate of drug-likeness (QED) is 0.0412. The Morgan fingerprint density at radius 1 is 0.758 bits per heavy atom. The van der Waals surface area contributed by atoms with Gasteiger partial charge in [-0.05, 0) is 48.9 Å². The highest BCUT2D eigenvalue weighted by molar-refractivity contribution is 5.89. The van der Waals surface area contributed by atoms with Gasteiger partial charge in [-0.3, -0.25) is 4.79 Å². The second-order valence-electron chi connectivity index (χ2n) is 16.0. The Labute approximate surface area is 372 Å². The van der Waals surface area contributed by atoms with Crippen molar-refractivity contribution in [2.24, 2.45) is 0 Å². The molecule has 0 radical (unpaired) electrons. The van der Waals surface area contributed by atoms with Gasteiger partial charge in [-0.15, -0.1) is 0 Å². The number of carbonyl (C=O) groups excluding carboxylic acids is 1. The molecule has 4 aromatic rings. The maximum absolute atomic E-state index is 14.1. The zero-order chi connectivity index (χ0) is 47.8. The molecule has 7 rings (SSSR count). The van der Waals surface area contributed by atoms with Gasteiger partial charge in [-0.2, -0.15) is 0 Å². The number of carbonyl (C=O) groups is 1. The average molecular weight is 933 g/mol. The van der Waals surface area contributed by atoms with Gasteiger partial charge < -0.3 is 104 Å². The normalized spacial score (nSPS) is 32.7. The Hall–Kier alpha value is -5.64. The lowest BCUT2D eigenvalue weighted by Gasteiger charge is -2.46. The van der Waals surface area contributed by atoms with Crippen LogP contribution in [0, 0.1) is 0 Å². The van der Waals surface area contributed by atoms with Gasteiger partial charge in [0.15, 0.2) is 42.0 Å². The van der Waals surface area contributed by atoms with Gasteiger partial charge in [-0.1, -0.05) is 12.1 Å². The van der Waals surface area contributed by atoms with Crippen LogP contribution in [-0.2, 0) is 33.2 Å². The summed E-state index contributed by atoms with van der Waals surface area (Å²) in [7, 11) is 0. The molecule has 3 aliphatic heterocycles. The molecule has 3 aromatic carbocycles. The van der Waals surface area contributed by atoms with E-state index in [-0.39, 0.29) is 16.9 Å². The lowest BCUT2D eigenvalue weighted by molar-refractivity contribution is -0.336. The van der Waals surface area contributed by atoms with Gasteiger partial charge in [0.25, 0.3) is 0 Å². The van der Waals surface area contributed by atoms with Gasteiger partial charge in [0.1, 0.15) is 76.5 Å². The largest absolute Gasteiger partial charge is 0.508 e. The molecule has 14 atom stereocenters. The van der Waals surface area contributed by atoms with E-state index in [1.54, 1.807) is 0 Å². The number of esters is 1. The number of hydrogen-bond acceptors (Lipinski definition) is 23. The number of rotatable bonds is 13. The van der Waals surface area contributed by atoms with Crippen LogP contribution < -0.4 is 10.2 Å². The Balaban J connectivity index is 1.14.